The Kier molecular flexibility index (Phi) is 6.19. The zero-order valence-corrected chi connectivity index (χ0v) is 11.1. The lowest BCUT2D eigenvalue weighted by molar-refractivity contribution is 0.152. The fourth-order valence-corrected chi connectivity index (χ4v) is 2.04. The van der Waals surface area contributed by atoms with Crippen LogP contribution >= 0.6 is 0 Å². The van der Waals surface area contributed by atoms with Gasteiger partial charge < -0.3 is 9.63 Å². The molecule has 0 aliphatic heterocycles. The lowest BCUT2D eigenvalue weighted by Crippen LogP contribution is -2.02. The molecule has 1 atom stereocenters. The van der Waals surface area contributed by atoms with E-state index in [1.807, 2.05) is 6.92 Å². The fourth-order valence-electron chi connectivity index (χ4n) is 2.04. The fraction of sp³-hybridized carbons (Fsp3) is 0.846. The second kappa shape index (κ2) is 7.43. The number of hydrogen-bond acceptors (Lipinski definition) is 4. The van der Waals surface area contributed by atoms with Crippen LogP contribution in [0.2, 0.25) is 0 Å². The zero-order valence-electron chi connectivity index (χ0n) is 11.1. The summed E-state index contributed by atoms with van der Waals surface area (Å²) in [4.78, 5) is 4.34. The van der Waals surface area contributed by atoms with Crippen LogP contribution in [0, 0.1) is 0 Å². The van der Waals surface area contributed by atoms with Gasteiger partial charge in [-0.3, -0.25) is 0 Å². The summed E-state index contributed by atoms with van der Waals surface area (Å²) in [6.45, 7) is 6.35. The summed E-state index contributed by atoms with van der Waals surface area (Å²) in [6, 6.07) is 0. The van der Waals surface area contributed by atoms with Crippen LogP contribution in [0.3, 0.4) is 0 Å². The van der Waals surface area contributed by atoms with Gasteiger partial charge in [-0.05, 0) is 19.3 Å². The molecule has 0 aliphatic rings. The average Bonchev–Trinajstić information content (AvgIpc) is 2.78. The first-order valence-corrected chi connectivity index (χ1v) is 6.74. The molecule has 0 amide bonds. The summed E-state index contributed by atoms with van der Waals surface area (Å²) in [7, 11) is 0. The van der Waals surface area contributed by atoms with Crippen LogP contribution in [0.4, 0.5) is 0 Å². The molecular weight excluding hydrogens is 216 g/mol. The van der Waals surface area contributed by atoms with E-state index in [1.54, 1.807) is 0 Å². The van der Waals surface area contributed by atoms with E-state index < -0.39 is 6.10 Å². The standard InChI is InChI=1S/C13H24N2O2/c1-4-7-10(8-5-2)13-14-12(15-17-13)11(16)9-6-3/h10-11,16H,4-9H2,1-3H3. The Morgan fingerprint density at radius 1 is 1.06 bits per heavy atom. The minimum atomic E-state index is -0.582. The molecule has 1 N–H and O–H groups in total. The molecule has 0 aromatic carbocycles. The van der Waals surface area contributed by atoms with E-state index >= 15 is 0 Å². The van der Waals surface area contributed by atoms with Gasteiger partial charge in [0.05, 0.1) is 0 Å². The van der Waals surface area contributed by atoms with Crippen LogP contribution in [0.25, 0.3) is 0 Å². The summed E-state index contributed by atoms with van der Waals surface area (Å²) in [5.41, 5.74) is 0. The summed E-state index contributed by atoms with van der Waals surface area (Å²) >= 11 is 0. The van der Waals surface area contributed by atoms with E-state index in [0.29, 0.717) is 24.1 Å². The summed E-state index contributed by atoms with van der Waals surface area (Å²) < 4.78 is 5.28. The third-order valence-electron chi connectivity index (χ3n) is 2.94. The smallest absolute Gasteiger partial charge is 0.229 e. The third-order valence-corrected chi connectivity index (χ3v) is 2.94. The van der Waals surface area contributed by atoms with E-state index in [0.717, 1.165) is 32.1 Å². The van der Waals surface area contributed by atoms with Crippen LogP contribution in [0.1, 0.15) is 83.0 Å². The third kappa shape index (κ3) is 4.11. The molecule has 1 heterocycles. The number of aromatic nitrogens is 2. The van der Waals surface area contributed by atoms with Gasteiger partial charge >= 0.3 is 0 Å². The van der Waals surface area contributed by atoms with Gasteiger partial charge in [-0.25, -0.2) is 0 Å². The largest absolute Gasteiger partial charge is 0.385 e. The van der Waals surface area contributed by atoms with Crippen LogP contribution in [0.15, 0.2) is 4.52 Å². The first-order valence-electron chi connectivity index (χ1n) is 6.74. The van der Waals surface area contributed by atoms with Crippen molar-refractivity contribution >= 4 is 0 Å². The molecule has 0 spiro atoms. The summed E-state index contributed by atoms with van der Waals surface area (Å²) in [5, 5.41) is 13.7. The molecule has 4 heteroatoms. The monoisotopic (exact) mass is 240 g/mol. The normalized spacial score (nSPS) is 13.2. The van der Waals surface area contributed by atoms with E-state index in [-0.39, 0.29) is 0 Å². The van der Waals surface area contributed by atoms with Crippen molar-refractivity contribution in [2.45, 2.75) is 71.3 Å². The second-order valence-electron chi connectivity index (χ2n) is 4.57. The molecule has 0 bridgehead atoms. The van der Waals surface area contributed by atoms with Crippen molar-refractivity contribution in [2.75, 3.05) is 0 Å². The number of nitrogens with zero attached hydrogens (tertiary/aromatic N) is 2. The maximum atomic E-state index is 9.79. The number of aliphatic hydroxyl groups excluding tert-OH is 1. The summed E-state index contributed by atoms with van der Waals surface area (Å²) in [5.74, 6) is 1.48. The van der Waals surface area contributed by atoms with Crippen molar-refractivity contribution in [2.24, 2.45) is 0 Å². The minimum Gasteiger partial charge on any atom is -0.385 e. The van der Waals surface area contributed by atoms with E-state index in [2.05, 4.69) is 24.0 Å². The predicted molar refractivity (Wildman–Crippen MR) is 66.7 cm³/mol. The average molecular weight is 240 g/mol. The second-order valence-corrected chi connectivity index (χ2v) is 4.57. The van der Waals surface area contributed by atoms with Gasteiger partial charge in [-0.2, -0.15) is 4.98 Å². The number of hydrogen-bond donors (Lipinski definition) is 1. The van der Waals surface area contributed by atoms with E-state index in [4.69, 9.17) is 4.52 Å². The zero-order chi connectivity index (χ0) is 12.7. The molecule has 0 saturated carbocycles. The van der Waals surface area contributed by atoms with Gasteiger partial charge in [-0.15, -0.1) is 0 Å². The Bertz CT molecular complexity index is 306. The predicted octanol–water partition coefficient (Wildman–Crippen LogP) is 3.59. The first-order chi connectivity index (χ1) is 8.22. The summed E-state index contributed by atoms with van der Waals surface area (Å²) in [6.07, 6.45) is 5.38. The van der Waals surface area contributed by atoms with Crippen molar-refractivity contribution in [1.82, 2.24) is 10.1 Å². The Balaban J connectivity index is 2.69. The highest BCUT2D eigenvalue weighted by Gasteiger charge is 2.20. The van der Waals surface area contributed by atoms with Gasteiger partial charge in [0.2, 0.25) is 5.89 Å². The number of aliphatic hydroxyl groups is 1. The molecule has 1 rings (SSSR count). The highest BCUT2D eigenvalue weighted by molar-refractivity contribution is 4.96. The quantitative estimate of drug-likeness (QED) is 0.754. The molecule has 98 valence electrons. The van der Waals surface area contributed by atoms with Gasteiger partial charge in [0.15, 0.2) is 5.82 Å². The van der Waals surface area contributed by atoms with Gasteiger partial charge in [0.25, 0.3) is 0 Å². The molecule has 0 radical (unpaired) electrons. The topological polar surface area (TPSA) is 59.2 Å². The Morgan fingerprint density at radius 3 is 2.18 bits per heavy atom. The van der Waals surface area contributed by atoms with E-state index in [9.17, 15) is 5.11 Å². The van der Waals surface area contributed by atoms with Gasteiger partial charge in [0, 0.05) is 5.92 Å². The Labute approximate surface area is 103 Å². The highest BCUT2D eigenvalue weighted by Crippen LogP contribution is 2.26. The molecule has 1 unspecified atom stereocenters. The number of rotatable bonds is 8. The molecule has 0 fully saturated rings. The van der Waals surface area contributed by atoms with Gasteiger partial charge in [-0.1, -0.05) is 45.2 Å². The van der Waals surface area contributed by atoms with Gasteiger partial charge in [0.1, 0.15) is 6.10 Å². The van der Waals surface area contributed by atoms with Crippen LogP contribution in [-0.4, -0.2) is 15.2 Å². The molecule has 1 aromatic heterocycles. The highest BCUT2D eigenvalue weighted by atomic mass is 16.5. The maximum Gasteiger partial charge on any atom is 0.229 e. The van der Waals surface area contributed by atoms with Crippen molar-refractivity contribution < 1.29 is 9.63 Å². The van der Waals surface area contributed by atoms with Crippen LogP contribution in [0.5, 0.6) is 0 Å². The van der Waals surface area contributed by atoms with Crippen molar-refractivity contribution in [3.05, 3.63) is 11.7 Å². The van der Waals surface area contributed by atoms with Crippen molar-refractivity contribution in [3.63, 3.8) is 0 Å². The Hall–Kier alpha value is -0.900. The van der Waals surface area contributed by atoms with Crippen LogP contribution < -0.4 is 0 Å². The Morgan fingerprint density at radius 2 is 1.65 bits per heavy atom. The molecule has 0 aliphatic carbocycles. The lowest BCUT2D eigenvalue weighted by atomic mass is 9.98. The minimum absolute atomic E-state index is 0.347. The van der Waals surface area contributed by atoms with E-state index in [1.165, 1.54) is 0 Å². The van der Waals surface area contributed by atoms with Crippen molar-refractivity contribution in [1.29, 1.82) is 0 Å². The molecule has 4 nitrogen and oxygen atoms in total. The SMILES string of the molecule is CCCC(O)c1noc(C(CCC)CCC)n1. The molecule has 0 saturated heterocycles. The van der Waals surface area contributed by atoms with Crippen molar-refractivity contribution in [3.8, 4) is 0 Å². The molecular formula is C13H24N2O2. The first kappa shape index (κ1) is 14.2. The molecule has 17 heavy (non-hydrogen) atoms. The molecule has 1 aromatic rings. The van der Waals surface area contributed by atoms with Crippen LogP contribution in [-0.2, 0) is 0 Å². The maximum absolute atomic E-state index is 9.79. The lowest BCUT2D eigenvalue weighted by Gasteiger charge is -2.09.